The van der Waals surface area contributed by atoms with Crippen molar-refractivity contribution in [2.45, 2.75) is 64.5 Å². The molecule has 1 aliphatic heterocycles. The Morgan fingerprint density at radius 1 is 1.50 bits per heavy atom. The molecule has 4 nitrogen and oxygen atoms in total. The first-order valence-electron chi connectivity index (χ1n) is 7.23. The Balaban J connectivity index is 2.05. The van der Waals surface area contributed by atoms with Crippen LogP contribution in [0.15, 0.2) is 0 Å². The van der Waals surface area contributed by atoms with E-state index < -0.39 is 0 Å². The standard InChI is InChI=1S/C14H27N3O/c1-4-13(2,3)16-12(18)17-9-8-14(10-15)7-5-6-11(14)17/h11H,4-10,15H2,1-3H3,(H,16,18)/t11-,14-/m1/s1. The van der Waals surface area contributed by atoms with E-state index in [0.29, 0.717) is 6.04 Å². The topological polar surface area (TPSA) is 58.4 Å². The quantitative estimate of drug-likeness (QED) is 0.809. The van der Waals surface area contributed by atoms with E-state index in [2.05, 4.69) is 26.1 Å². The van der Waals surface area contributed by atoms with E-state index in [0.717, 1.165) is 32.4 Å². The first kappa shape index (κ1) is 13.7. The van der Waals surface area contributed by atoms with Crippen molar-refractivity contribution < 1.29 is 4.79 Å². The molecule has 1 saturated carbocycles. The van der Waals surface area contributed by atoms with Crippen molar-refractivity contribution in [3.63, 3.8) is 0 Å². The first-order chi connectivity index (χ1) is 8.44. The molecular formula is C14H27N3O. The van der Waals surface area contributed by atoms with Crippen LogP contribution in [-0.2, 0) is 0 Å². The molecule has 18 heavy (non-hydrogen) atoms. The summed E-state index contributed by atoms with van der Waals surface area (Å²) < 4.78 is 0. The fourth-order valence-electron chi connectivity index (χ4n) is 3.43. The molecular weight excluding hydrogens is 226 g/mol. The third kappa shape index (κ3) is 2.22. The lowest BCUT2D eigenvalue weighted by molar-refractivity contribution is 0.164. The van der Waals surface area contributed by atoms with Gasteiger partial charge in [-0.3, -0.25) is 0 Å². The number of amides is 2. The van der Waals surface area contributed by atoms with E-state index in [1.807, 2.05) is 4.90 Å². The molecule has 4 heteroatoms. The zero-order valence-corrected chi connectivity index (χ0v) is 12.0. The van der Waals surface area contributed by atoms with Gasteiger partial charge in [0.15, 0.2) is 0 Å². The number of carbonyl (C=O) groups excluding carboxylic acids is 1. The van der Waals surface area contributed by atoms with Gasteiger partial charge in [-0.15, -0.1) is 0 Å². The van der Waals surface area contributed by atoms with Gasteiger partial charge in [0.25, 0.3) is 0 Å². The summed E-state index contributed by atoms with van der Waals surface area (Å²) in [4.78, 5) is 14.4. The van der Waals surface area contributed by atoms with Crippen LogP contribution in [0, 0.1) is 5.41 Å². The van der Waals surface area contributed by atoms with Gasteiger partial charge in [-0.2, -0.15) is 0 Å². The number of nitrogens with zero attached hydrogens (tertiary/aromatic N) is 1. The number of hydrogen-bond donors (Lipinski definition) is 2. The van der Waals surface area contributed by atoms with Gasteiger partial charge in [0.05, 0.1) is 0 Å². The average Bonchev–Trinajstić information content (AvgIpc) is 2.86. The highest BCUT2D eigenvalue weighted by Gasteiger charge is 2.51. The predicted molar refractivity (Wildman–Crippen MR) is 73.4 cm³/mol. The molecule has 0 aromatic carbocycles. The van der Waals surface area contributed by atoms with Gasteiger partial charge in [0.1, 0.15) is 0 Å². The SMILES string of the molecule is CCC(C)(C)NC(=O)N1CC[C@@]2(CN)CCC[C@@H]12. The third-order valence-electron chi connectivity index (χ3n) is 5.08. The highest BCUT2D eigenvalue weighted by molar-refractivity contribution is 5.76. The summed E-state index contributed by atoms with van der Waals surface area (Å²) in [6, 6.07) is 0.472. The molecule has 2 rings (SSSR count). The van der Waals surface area contributed by atoms with Crippen molar-refractivity contribution in [2.75, 3.05) is 13.1 Å². The average molecular weight is 253 g/mol. The Bertz CT molecular complexity index is 329. The minimum atomic E-state index is -0.121. The lowest BCUT2D eigenvalue weighted by Gasteiger charge is -2.34. The molecule has 2 atom stereocenters. The molecule has 0 spiro atoms. The molecule has 0 aromatic heterocycles. The summed E-state index contributed by atoms with van der Waals surface area (Å²) in [6.45, 7) is 7.84. The minimum absolute atomic E-state index is 0.101. The number of likely N-dealkylation sites (tertiary alicyclic amines) is 1. The Kier molecular flexibility index (Phi) is 3.58. The third-order valence-corrected chi connectivity index (χ3v) is 5.08. The van der Waals surface area contributed by atoms with E-state index in [1.54, 1.807) is 0 Å². The summed E-state index contributed by atoms with van der Waals surface area (Å²) in [5.74, 6) is 0. The molecule has 1 saturated heterocycles. The lowest BCUT2D eigenvalue weighted by atomic mass is 9.82. The van der Waals surface area contributed by atoms with Gasteiger partial charge in [-0.1, -0.05) is 13.3 Å². The van der Waals surface area contributed by atoms with Crippen LogP contribution >= 0.6 is 0 Å². The summed E-state index contributed by atoms with van der Waals surface area (Å²) in [5.41, 5.74) is 6.06. The fourth-order valence-corrected chi connectivity index (χ4v) is 3.43. The summed E-state index contributed by atoms with van der Waals surface area (Å²) in [5, 5.41) is 3.15. The van der Waals surface area contributed by atoms with Crippen molar-refractivity contribution in [3.8, 4) is 0 Å². The molecule has 1 heterocycles. The molecule has 2 aliphatic rings. The molecule has 2 fully saturated rings. The number of nitrogens with two attached hydrogens (primary N) is 1. The second-order valence-electron chi connectivity index (χ2n) is 6.59. The maximum Gasteiger partial charge on any atom is 0.318 e. The van der Waals surface area contributed by atoms with Crippen LogP contribution in [0.5, 0.6) is 0 Å². The van der Waals surface area contributed by atoms with Crippen LogP contribution in [0.3, 0.4) is 0 Å². The Morgan fingerprint density at radius 3 is 2.83 bits per heavy atom. The van der Waals surface area contributed by atoms with Gasteiger partial charge in [-0.25, -0.2) is 4.79 Å². The molecule has 0 radical (unpaired) electrons. The lowest BCUT2D eigenvalue weighted by Crippen LogP contribution is -2.52. The van der Waals surface area contributed by atoms with Crippen LogP contribution in [0.2, 0.25) is 0 Å². The highest BCUT2D eigenvalue weighted by atomic mass is 16.2. The molecule has 1 aliphatic carbocycles. The van der Waals surface area contributed by atoms with Crippen LogP contribution in [0.1, 0.15) is 52.9 Å². The van der Waals surface area contributed by atoms with Gasteiger partial charge >= 0.3 is 6.03 Å². The van der Waals surface area contributed by atoms with Crippen LogP contribution in [0.4, 0.5) is 4.79 Å². The number of fused-ring (bicyclic) bond motifs is 1. The van der Waals surface area contributed by atoms with E-state index >= 15 is 0 Å². The Labute approximate surface area is 110 Å². The van der Waals surface area contributed by atoms with Crippen LogP contribution < -0.4 is 11.1 Å². The fraction of sp³-hybridized carbons (Fsp3) is 0.929. The van der Waals surface area contributed by atoms with E-state index in [1.165, 1.54) is 12.8 Å². The summed E-state index contributed by atoms with van der Waals surface area (Å²) in [7, 11) is 0. The van der Waals surface area contributed by atoms with Crippen molar-refractivity contribution in [3.05, 3.63) is 0 Å². The largest absolute Gasteiger partial charge is 0.333 e. The van der Waals surface area contributed by atoms with Crippen LogP contribution in [0.25, 0.3) is 0 Å². The Hall–Kier alpha value is -0.770. The smallest absolute Gasteiger partial charge is 0.318 e. The normalized spacial score (nSPS) is 31.6. The molecule has 3 N–H and O–H groups in total. The maximum absolute atomic E-state index is 12.4. The summed E-state index contributed by atoms with van der Waals surface area (Å²) in [6.07, 6.45) is 5.54. The van der Waals surface area contributed by atoms with Crippen molar-refractivity contribution in [1.29, 1.82) is 0 Å². The number of carbonyl (C=O) groups is 1. The zero-order valence-electron chi connectivity index (χ0n) is 12.0. The molecule has 104 valence electrons. The first-order valence-corrected chi connectivity index (χ1v) is 7.23. The Morgan fingerprint density at radius 2 is 2.22 bits per heavy atom. The minimum Gasteiger partial charge on any atom is -0.333 e. The number of nitrogens with one attached hydrogen (secondary N) is 1. The second kappa shape index (κ2) is 4.72. The molecule has 0 bridgehead atoms. The number of hydrogen-bond acceptors (Lipinski definition) is 2. The summed E-state index contributed by atoms with van der Waals surface area (Å²) >= 11 is 0. The maximum atomic E-state index is 12.4. The van der Waals surface area contributed by atoms with Gasteiger partial charge in [0, 0.05) is 23.5 Å². The number of rotatable bonds is 3. The molecule has 2 amide bonds. The second-order valence-corrected chi connectivity index (χ2v) is 6.59. The van der Waals surface area contributed by atoms with Crippen LogP contribution in [-0.4, -0.2) is 35.6 Å². The highest BCUT2D eigenvalue weighted by Crippen LogP contribution is 2.47. The van der Waals surface area contributed by atoms with Crippen molar-refractivity contribution >= 4 is 6.03 Å². The predicted octanol–water partition coefficient (Wildman–Crippen LogP) is 2.09. The van der Waals surface area contributed by atoms with Crippen molar-refractivity contribution in [1.82, 2.24) is 10.2 Å². The van der Waals surface area contributed by atoms with E-state index in [9.17, 15) is 4.79 Å². The van der Waals surface area contributed by atoms with Gasteiger partial charge < -0.3 is 16.0 Å². The van der Waals surface area contributed by atoms with Crippen molar-refractivity contribution in [2.24, 2.45) is 11.1 Å². The monoisotopic (exact) mass is 253 g/mol. The number of urea groups is 1. The van der Waals surface area contributed by atoms with Gasteiger partial charge in [0.2, 0.25) is 0 Å². The van der Waals surface area contributed by atoms with Gasteiger partial charge in [-0.05, 0) is 46.1 Å². The van der Waals surface area contributed by atoms with E-state index in [-0.39, 0.29) is 17.0 Å². The zero-order chi connectivity index (χ0) is 13.4. The molecule has 0 unspecified atom stereocenters. The molecule has 0 aromatic rings. The van der Waals surface area contributed by atoms with E-state index in [4.69, 9.17) is 5.73 Å².